The Morgan fingerprint density at radius 2 is 1.83 bits per heavy atom. The Balaban J connectivity index is 1.74. The second kappa shape index (κ2) is 9.75. The molecule has 0 bridgehead atoms. The molecule has 0 aliphatic heterocycles. The van der Waals surface area contributed by atoms with Crippen molar-refractivity contribution in [1.82, 2.24) is 9.97 Å². The maximum Gasteiger partial charge on any atom is 0.358 e. The van der Waals surface area contributed by atoms with Gasteiger partial charge in [0.1, 0.15) is 6.61 Å². The minimum Gasteiger partial charge on any atom is -0.454 e. The first-order valence-corrected chi connectivity index (χ1v) is 10.8. The number of aromatic nitrogens is 2. The van der Waals surface area contributed by atoms with Crippen molar-refractivity contribution >= 4 is 68.8 Å². The van der Waals surface area contributed by atoms with Crippen molar-refractivity contribution in [2.75, 3.05) is 4.90 Å². The number of carbonyl (C=O) groups is 2. The summed E-state index contributed by atoms with van der Waals surface area (Å²) in [5.74, 6) is -0.935. The largest absolute Gasteiger partial charge is 0.454 e. The number of carbonyl (C=O) groups excluding carboxylic acids is 2. The Labute approximate surface area is 192 Å². The van der Waals surface area contributed by atoms with Crippen LogP contribution in [-0.2, 0) is 22.6 Å². The zero-order valence-electron chi connectivity index (χ0n) is 16.0. The predicted molar refractivity (Wildman–Crippen MR) is 119 cm³/mol. The zero-order valence-corrected chi connectivity index (χ0v) is 19.1. The predicted octanol–water partition coefficient (Wildman–Crippen LogP) is 6.10. The summed E-state index contributed by atoms with van der Waals surface area (Å²) in [6.45, 7) is 3.41. The van der Waals surface area contributed by atoms with Crippen molar-refractivity contribution in [2.45, 2.75) is 26.9 Å². The van der Waals surface area contributed by atoms with Crippen LogP contribution in [-0.4, -0.2) is 21.8 Å². The third kappa shape index (κ3) is 4.92. The molecule has 2 aromatic heterocycles. The van der Waals surface area contributed by atoms with Crippen LogP contribution in [0, 0.1) is 0 Å². The average molecular weight is 485 g/mol. The van der Waals surface area contributed by atoms with Gasteiger partial charge in [-0.05, 0) is 24.1 Å². The molecule has 1 aromatic carbocycles. The Morgan fingerprint density at radius 3 is 2.47 bits per heavy atom. The summed E-state index contributed by atoms with van der Waals surface area (Å²) in [5, 5.41) is 2.28. The number of rotatable bonds is 6. The van der Waals surface area contributed by atoms with Crippen molar-refractivity contribution in [3.8, 4) is 0 Å². The van der Waals surface area contributed by atoms with E-state index >= 15 is 0 Å². The number of aryl methyl sites for hydroxylation is 1. The molecule has 0 atom stereocenters. The summed E-state index contributed by atoms with van der Waals surface area (Å²) in [4.78, 5) is 34.3. The number of esters is 1. The summed E-state index contributed by atoms with van der Waals surface area (Å²) in [6, 6.07) is 7.68. The highest BCUT2D eigenvalue weighted by Gasteiger charge is 2.21. The van der Waals surface area contributed by atoms with Crippen LogP contribution >= 0.6 is 46.1 Å². The number of ether oxygens (including phenoxy) is 1. The number of halogens is 3. The van der Waals surface area contributed by atoms with Crippen LogP contribution in [0.15, 0.2) is 35.8 Å². The number of hydrogen-bond acceptors (Lipinski definition) is 6. The van der Waals surface area contributed by atoms with Gasteiger partial charge in [-0.25, -0.2) is 14.8 Å². The van der Waals surface area contributed by atoms with Gasteiger partial charge in [0.2, 0.25) is 5.91 Å². The Kier molecular flexibility index (Phi) is 7.31. The third-order valence-electron chi connectivity index (χ3n) is 4.11. The molecule has 6 nitrogen and oxygen atoms in total. The highest BCUT2D eigenvalue weighted by Crippen LogP contribution is 2.32. The van der Waals surface area contributed by atoms with Crippen LogP contribution in [0.4, 0.5) is 10.8 Å². The number of nitrogens with zero attached hydrogens (tertiary/aromatic N) is 3. The fourth-order valence-electron chi connectivity index (χ4n) is 2.57. The zero-order chi connectivity index (χ0) is 21.8. The topological polar surface area (TPSA) is 72.4 Å². The van der Waals surface area contributed by atoms with Crippen LogP contribution in [0.2, 0.25) is 15.1 Å². The Morgan fingerprint density at radius 1 is 1.13 bits per heavy atom. The Hall–Kier alpha value is -2.19. The standard InChI is InChI=1S/C20H16Cl3N3O3S/c1-3-12-4-6-14(7-5-12)26(11(2)27)20-25-13(10-30-20)9-29-19(28)18-17(23)16(22)15(21)8-24-18/h4-8,10H,3,9H2,1-2H3. The minimum absolute atomic E-state index is 0.0300. The van der Waals surface area contributed by atoms with Crippen molar-refractivity contribution in [3.63, 3.8) is 0 Å². The molecule has 2 heterocycles. The Bertz CT molecular complexity index is 1090. The average Bonchev–Trinajstić information content (AvgIpc) is 3.19. The molecular formula is C20H16Cl3N3O3S. The van der Waals surface area contributed by atoms with Crippen LogP contribution in [0.5, 0.6) is 0 Å². The van der Waals surface area contributed by atoms with Gasteiger partial charge in [-0.15, -0.1) is 11.3 Å². The van der Waals surface area contributed by atoms with Crippen molar-refractivity contribution in [3.05, 3.63) is 67.9 Å². The molecule has 0 N–H and O–H groups in total. The molecule has 1 amide bonds. The lowest BCUT2D eigenvalue weighted by molar-refractivity contribution is -0.115. The second-order valence-corrected chi connectivity index (χ2v) is 8.15. The van der Waals surface area contributed by atoms with Crippen LogP contribution in [0.25, 0.3) is 0 Å². The first-order valence-electron chi connectivity index (χ1n) is 8.82. The number of anilines is 2. The number of benzene rings is 1. The van der Waals surface area contributed by atoms with E-state index in [1.165, 1.54) is 34.9 Å². The van der Waals surface area contributed by atoms with Gasteiger partial charge in [0.15, 0.2) is 10.8 Å². The van der Waals surface area contributed by atoms with Gasteiger partial charge >= 0.3 is 5.97 Å². The lowest BCUT2D eigenvalue weighted by atomic mass is 10.1. The van der Waals surface area contributed by atoms with E-state index in [9.17, 15) is 9.59 Å². The highest BCUT2D eigenvalue weighted by atomic mass is 35.5. The van der Waals surface area contributed by atoms with Crippen LogP contribution < -0.4 is 4.90 Å². The molecule has 3 rings (SSSR count). The number of hydrogen-bond donors (Lipinski definition) is 0. The van der Waals surface area contributed by atoms with Gasteiger partial charge in [0, 0.05) is 18.5 Å². The fraction of sp³-hybridized carbons (Fsp3) is 0.200. The number of pyridine rings is 1. The molecule has 0 unspecified atom stereocenters. The normalized spacial score (nSPS) is 10.7. The molecule has 0 fully saturated rings. The van der Waals surface area contributed by atoms with E-state index in [1.54, 1.807) is 5.38 Å². The summed E-state index contributed by atoms with van der Waals surface area (Å²) in [5.41, 5.74) is 2.23. The molecule has 156 valence electrons. The maximum atomic E-state index is 12.3. The summed E-state index contributed by atoms with van der Waals surface area (Å²) < 4.78 is 5.23. The lowest BCUT2D eigenvalue weighted by Crippen LogP contribution is -2.22. The van der Waals surface area contributed by atoms with Gasteiger partial charge in [-0.1, -0.05) is 53.9 Å². The highest BCUT2D eigenvalue weighted by molar-refractivity contribution is 7.14. The van der Waals surface area contributed by atoms with Crippen molar-refractivity contribution < 1.29 is 14.3 Å². The number of amides is 1. The van der Waals surface area contributed by atoms with Gasteiger partial charge < -0.3 is 4.74 Å². The van der Waals surface area contributed by atoms with Crippen LogP contribution in [0.3, 0.4) is 0 Å². The van der Waals surface area contributed by atoms with Gasteiger partial charge in [0.25, 0.3) is 0 Å². The smallest absolute Gasteiger partial charge is 0.358 e. The third-order valence-corrected chi connectivity index (χ3v) is 6.23. The summed E-state index contributed by atoms with van der Waals surface area (Å²) >= 11 is 19.0. The first kappa shape index (κ1) is 22.5. The van der Waals surface area contributed by atoms with E-state index in [0.717, 1.165) is 6.42 Å². The van der Waals surface area contributed by atoms with E-state index in [-0.39, 0.29) is 33.3 Å². The van der Waals surface area contributed by atoms with Crippen molar-refractivity contribution in [2.24, 2.45) is 0 Å². The van der Waals surface area contributed by atoms with Crippen molar-refractivity contribution in [1.29, 1.82) is 0 Å². The molecule has 0 radical (unpaired) electrons. The molecular weight excluding hydrogens is 469 g/mol. The molecule has 3 aromatic rings. The summed E-state index contributed by atoms with van der Waals surface area (Å²) in [7, 11) is 0. The van der Waals surface area contributed by atoms with E-state index in [0.29, 0.717) is 16.5 Å². The van der Waals surface area contributed by atoms with Crippen LogP contribution in [0.1, 0.15) is 35.6 Å². The molecule has 0 saturated carbocycles. The molecule has 0 spiro atoms. The monoisotopic (exact) mass is 483 g/mol. The van der Waals surface area contributed by atoms with Gasteiger partial charge in [-0.2, -0.15) is 0 Å². The maximum absolute atomic E-state index is 12.3. The lowest BCUT2D eigenvalue weighted by Gasteiger charge is -2.18. The molecule has 0 aliphatic rings. The number of thiazole rings is 1. The second-order valence-electron chi connectivity index (χ2n) is 6.15. The first-order chi connectivity index (χ1) is 14.3. The van der Waals surface area contributed by atoms with E-state index in [2.05, 4.69) is 16.9 Å². The van der Waals surface area contributed by atoms with Gasteiger partial charge in [0.05, 0.1) is 26.4 Å². The van der Waals surface area contributed by atoms with Gasteiger partial charge in [-0.3, -0.25) is 9.69 Å². The molecule has 0 aliphatic carbocycles. The summed E-state index contributed by atoms with van der Waals surface area (Å²) in [6.07, 6.45) is 2.13. The van der Waals surface area contributed by atoms with E-state index < -0.39 is 5.97 Å². The quantitative estimate of drug-likeness (QED) is 0.395. The van der Waals surface area contributed by atoms with E-state index in [1.807, 2.05) is 24.3 Å². The fourth-order valence-corrected chi connectivity index (χ4v) is 4.00. The molecule has 10 heteroatoms. The molecule has 0 saturated heterocycles. The van der Waals surface area contributed by atoms with E-state index in [4.69, 9.17) is 39.5 Å². The molecule has 30 heavy (non-hydrogen) atoms. The minimum atomic E-state index is -0.758. The SMILES string of the molecule is CCc1ccc(N(C(C)=O)c2nc(COC(=O)c3ncc(Cl)c(Cl)c3Cl)cs2)cc1.